The largest absolute Gasteiger partial charge is 0.253 e. The minimum absolute atomic E-state index is 0.433. The SMILES string of the molecule is CCCc1nc(-c2ccc3nccnc3c2)nc(Cl)c1Br. The van der Waals surface area contributed by atoms with Gasteiger partial charge in [0.2, 0.25) is 0 Å². The quantitative estimate of drug-likeness (QED) is 0.645. The Labute approximate surface area is 135 Å². The lowest BCUT2D eigenvalue weighted by molar-refractivity contribution is 0.868. The lowest BCUT2D eigenvalue weighted by Gasteiger charge is -2.08. The molecule has 0 saturated heterocycles. The number of halogens is 2. The fraction of sp³-hybridized carbons (Fsp3) is 0.200. The van der Waals surface area contributed by atoms with Gasteiger partial charge in [0, 0.05) is 18.0 Å². The summed E-state index contributed by atoms with van der Waals surface area (Å²) in [6.07, 6.45) is 5.19. The smallest absolute Gasteiger partial charge is 0.161 e. The van der Waals surface area contributed by atoms with Gasteiger partial charge in [0.05, 0.1) is 21.2 Å². The van der Waals surface area contributed by atoms with E-state index in [2.05, 4.69) is 42.8 Å². The van der Waals surface area contributed by atoms with Crippen LogP contribution >= 0.6 is 27.5 Å². The maximum Gasteiger partial charge on any atom is 0.161 e. The summed E-state index contributed by atoms with van der Waals surface area (Å²) in [6, 6.07) is 5.78. The summed E-state index contributed by atoms with van der Waals surface area (Å²) in [5.74, 6) is 0.610. The summed E-state index contributed by atoms with van der Waals surface area (Å²) >= 11 is 9.65. The molecule has 0 amide bonds. The molecule has 0 spiro atoms. The molecule has 4 nitrogen and oxygen atoms in total. The second-order valence-electron chi connectivity index (χ2n) is 4.61. The Kier molecular flexibility index (Phi) is 4.12. The molecule has 0 radical (unpaired) electrons. The molecule has 0 saturated carbocycles. The molecule has 0 bridgehead atoms. The second-order valence-corrected chi connectivity index (χ2v) is 5.76. The Hall–Kier alpha value is -1.59. The van der Waals surface area contributed by atoms with Crippen molar-refractivity contribution in [2.45, 2.75) is 19.8 Å². The van der Waals surface area contributed by atoms with Gasteiger partial charge in [-0.1, -0.05) is 24.9 Å². The first-order valence-electron chi connectivity index (χ1n) is 6.62. The van der Waals surface area contributed by atoms with Crippen molar-refractivity contribution in [3.05, 3.63) is 45.9 Å². The fourth-order valence-corrected chi connectivity index (χ4v) is 2.66. The number of fused-ring (bicyclic) bond motifs is 1. The first-order chi connectivity index (χ1) is 10.2. The minimum atomic E-state index is 0.433. The van der Waals surface area contributed by atoms with E-state index in [0.29, 0.717) is 11.0 Å². The molecule has 21 heavy (non-hydrogen) atoms. The van der Waals surface area contributed by atoms with Gasteiger partial charge in [-0.05, 0) is 40.5 Å². The van der Waals surface area contributed by atoms with Gasteiger partial charge >= 0.3 is 0 Å². The standard InChI is InChI=1S/C15H12BrClN4/c1-2-3-11-13(16)14(17)21-15(20-11)9-4-5-10-12(8-9)19-7-6-18-10/h4-8H,2-3H2,1H3. The molecule has 1 aromatic carbocycles. The van der Waals surface area contributed by atoms with Crippen LogP contribution in [0.25, 0.3) is 22.4 Å². The van der Waals surface area contributed by atoms with Crippen LogP contribution in [0.5, 0.6) is 0 Å². The number of aromatic nitrogens is 4. The van der Waals surface area contributed by atoms with Crippen LogP contribution < -0.4 is 0 Å². The molecule has 2 heterocycles. The van der Waals surface area contributed by atoms with Crippen molar-refractivity contribution in [3.8, 4) is 11.4 Å². The number of rotatable bonds is 3. The zero-order chi connectivity index (χ0) is 14.8. The zero-order valence-corrected chi connectivity index (χ0v) is 13.7. The van der Waals surface area contributed by atoms with E-state index in [4.69, 9.17) is 11.6 Å². The molecule has 0 unspecified atom stereocenters. The summed E-state index contributed by atoms with van der Waals surface area (Å²) in [5, 5.41) is 0.433. The van der Waals surface area contributed by atoms with Crippen LogP contribution in [0.15, 0.2) is 35.1 Å². The van der Waals surface area contributed by atoms with Crippen LogP contribution in [0.4, 0.5) is 0 Å². The number of nitrogens with zero attached hydrogens (tertiary/aromatic N) is 4. The van der Waals surface area contributed by atoms with Gasteiger partial charge in [-0.25, -0.2) is 9.97 Å². The van der Waals surface area contributed by atoms with Gasteiger partial charge in [0.25, 0.3) is 0 Å². The minimum Gasteiger partial charge on any atom is -0.253 e. The third-order valence-electron chi connectivity index (χ3n) is 3.09. The van der Waals surface area contributed by atoms with E-state index in [1.807, 2.05) is 18.2 Å². The molecule has 0 N–H and O–H groups in total. The van der Waals surface area contributed by atoms with Crippen molar-refractivity contribution in [2.24, 2.45) is 0 Å². The number of hydrogen-bond donors (Lipinski definition) is 0. The highest BCUT2D eigenvalue weighted by molar-refractivity contribution is 9.10. The van der Waals surface area contributed by atoms with E-state index < -0.39 is 0 Å². The number of hydrogen-bond acceptors (Lipinski definition) is 4. The van der Waals surface area contributed by atoms with Gasteiger partial charge in [-0.2, -0.15) is 0 Å². The predicted molar refractivity (Wildman–Crippen MR) is 87.3 cm³/mol. The number of benzene rings is 1. The van der Waals surface area contributed by atoms with Gasteiger partial charge in [0.1, 0.15) is 5.15 Å². The lowest BCUT2D eigenvalue weighted by Crippen LogP contribution is -1.98. The molecule has 2 aromatic heterocycles. The Morgan fingerprint density at radius 1 is 1.10 bits per heavy atom. The Balaban J connectivity index is 2.13. The van der Waals surface area contributed by atoms with Gasteiger partial charge < -0.3 is 0 Å². The maximum atomic E-state index is 6.20. The van der Waals surface area contributed by atoms with Crippen molar-refractivity contribution in [3.63, 3.8) is 0 Å². The van der Waals surface area contributed by atoms with Crippen LogP contribution in [0, 0.1) is 0 Å². The zero-order valence-electron chi connectivity index (χ0n) is 11.3. The molecule has 6 heteroatoms. The molecule has 0 aliphatic heterocycles. The van der Waals surface area contributed by atoms with Crippen LogP contribution in [0.1, 0.15) is 19.0 Å². The lowest BCUT2D eigenvalue weighted by atomic mass is 10.1. The van der Waals surface area contributed by atoms with E-state index in [9.17, 15) is 0 Å². The maximum absolute atomic E-state index is 6.20. The van der Waals surface area contributed by atoms with Crippen molar-refractivity contribution in [2.75, 3.05) is 0 Å². The summed E-state index contributed by atoms with van der Waals surface area (Å²) in [6.45, 7) is 2.10. The van der Waals surface area contributed by atoms with Crippen molar-refractivity contribution < 1.29 is 0 Å². The summed E-state index contributed by atoms with van der Waals surface area (Å²) in [5.41, 5.74) is 3.47. The van der Waals surface area contributed by atoms with E-state index in [1.165, 1.54) is 0 Å². The molecule has 0 atom stereocenters. The van der Waals surface area contributed by atoms with Gasteiger partial charge in [-0.15, -0.1) is 0 Å². The summed E-state index contributed by atoms with van der Waals surface area (Å²) in [7, 11) is 0. The molecular weight excluding hydrogens is 352 g/mol. The molecule has 0 aliphatic carbocycles. The van der Waals surface area contributed by atoms with Crippen LogP contribution in [0.2, 0.25) is 5.15 Å². The Bertz CT molecular complexity index is 807. The highest BCUT2D eigenvalue weighted by atomic mass is 79.9. The molecule has 3 aromatic rings. The first-order valence-corrected chi connectivity index (χ1v) is 7.79. The predicted octanol–water partition coefficient (Wildman–Crippen LogP) is 4.46. The van der Waals surface area contributed by atoms with E-state index >= 15 is 0 Å². The van der Waals surface area contributed by atoms with Crippen molar-refractivity contribution in [1.82, 2.24) is 19.9 Å². The average Bonchev–Trinajstić information content (AvgIpc) is 2.51. The van der Waals surface area contributed by atoms with E-state index in [-0.39, 0.29) is 0 Å². The van der Waals surface area contributed by atoms with Gasteiger partial charge in [-0.3, -0.25) is 9.97 Å². The second kappa shape index (κ2) is 6.03. The summed E-state index contributed by atoms with van der Waals surface area (Å²) in [4.78, 5) is 17.5. The number of aryl methyl sites for hydroxylation is 1. The molecule has 0 fully saturated rings. The molecule has 106 valence electrons. The average molecular weight is 364 g/mol. The monoisotopic (exact) mass is 362 g/mol. The van der Waals surface area contributed by atoms with E-state index in [0.717, 1.165) is 39.6 Å². The van der Waals surface area contributed by atoms with Crippen LogP contribution in [-0.4, -0.2) is 19.9 Å². The highest BCUT2D eigenvalue weighted by Crippen LogP contribution is 2.28. The highest BCUT2D eigenvalue weighted by Gasteiger charge is 2.12. The normalized spacial score (nSPS) is 11.0. The van der Waals surface area contributed by atoms with Crippen molar-refractivity contribution in [1.29, 1.82) is 0 Å². The molecule has 3 rings (SSSR count). The molecule has 0 aliphatic rings. The van der Waals surface area contributed by atoms with E-state index in [1.54, 1.807) is 12.4 Å². The summed E-state index contributed by atoms with van der Waals surface area (Å²) < 4.78 is 0.773. The first kappa shape index (κ1) is 14.4. The Morgan fingerprint density at radius 3 is 2.62 bits per heavy atom. The third-order valence-corrected chi connectivity index (χ3v) is 4.43. The van der Waals surface area contributed by atoms with Crippen LogP contribution in [0.3, 0.4) is 0 Å². The topological polar surface area (TPSA) is 51.6 Å². The Morgan fingerprint density at radius 2 is 1.86 bits per heavy atom. The fourth-order valence-electron chi connectivity index (χ4n) is 2.10. The van der Waals surface area contributed by atoms with Crippen LogP contribution in [-0.2, 0) is 6.42 Å². The van der Waals surface area contributed by atoms with Crippen molar-refractivity contribution >= 4 is 38.6 Å². The molecular formula is C15H12BrClN4. The third kappa shape index (κ3) is 2.89. The van der Waals surface area contributed by atoms with Gasteiger partial charge in [0.15, 0.2) is 5.82 Å².